The molecule has 0 saturated carbocycles. The third kappa shape index (κ3) is 5.41. The molecule has 2 saturated heterocycles. The van der Waals surface area contributed by atoms with E-state index in [-0.39, 0.29) is 23.9 Å². The summed E-state index contributed by atoms with van der Waals surface area (Å²) in [5.74, 6) is -0.171. The standard InChI is InChI=1S/C16H21N3O3S.C6H4Cl2/c20-15-12(5-7-17-15)18-16(21)14-10-4-2-1-3-9(10)13(23-14)11-6-8-22-19-11;7-5-2-1-3-6(8)4-5/h11-12,19H,1-8H2,(H,17,20)(H,18,21);1-4H. The van der Waals surface area contributed by atoms with Gasteiger partial charge in [0.05, 0.1) is 17.5 Å². The first-order valence-corrected chi connectivity index (χ1v) is 12.1. The van der Waals surface area contributed by atoms with E-state index >= 15 is 0 Å². The minimum Gasteiger partial charge on any atom is -0.354 e. The molecule has 1 aromatic carbocycles. The van der Waals surface area contributed by atoms with Crippen LogP contribution in [-0.4, -0.2) is 31.0 Å². The van der Waals surface area contributed by atoms with Crippen LogP contribution in [0.5, 0.6) is 0 Å². The molecule has 31 heavy (non-hydrogen) atoms. The van der Waals surface area contributed by atoms with Crippen molar-refractivity contribution in [2.24, 2.45) is 0 Å². The van der Waals surface area contributed by atoms with E-state index in [0.717, 1.165) is 30.6 Å². The normalized spacial score (nSPS) is 22.3. The Morgan fingerprint density at radius 3 is 2.45 bits per heavy atom. The monoisotopic (exact) mass is 481 g/mol. The number of hydroxylamine groups is 1. The van der Waals surface area contributed by atoms with E-state index in [0.29, 0.717) is 29.6 Å². The SMILES string of the molecule is Clc1cccc(Cl)c1.O=C(NC1CCNC1=O)c1sc(C2CCON2)c2c1CCCC2. The van der Waals surface area contributed by atoms with E-state index in [1.165, 1.54) is 22.4 Å². The van der Waals surface area contributed by atoms with Crippen LogP contribution in [0.3, 0.4) is 0 Å². The molecule has 0 bridgehead atoms. The summed E-state index contributed by atoms with van der Waals surface area (Å²) in [6.07, 6.45) is 5.91. The predicted molar refractivity (Wildman–Crippen MR) is 123 cm³/mol. The van der Waals surface area contributed by atoms with Gasteiger partial charge < -0.3 is 15.5 Å². The number of carbonyl (C=O) groups is 2. The molecule has 0 spiro atoms. The maximum Gasteiger partial charge on any atom is 0.262 e. The molecule has 9 heteroatoms. The Morgan fingerprint density at radius 1 is 1.13 bits per heavy atom. The average molecular weight is 482 g/mol. The second-order valence-electron chi connectivity index (χ2n) is 7.81. The summed E-state index contributed by atoms with van der Waals surface area (Å²) in [5.41, 5.74) is 5.60. The lowest BCUT2D eigenvalue weighted by Gasteiger charge is -2.16. The lowest BCUT2D eigenvalue weighted by atomic mass is 9.90. The molecule has 2 amide bonds. The Morgan fingerprint density at radius 2 is 1.87 bits per heavy atom. The topological polar surface area (TPSA) is 79.5 Å². The molecule has 3 aliphatic rings. The number of benzene rings is 1. The molecule has 2 aliphatic heterocycles. The molecule has 166 valence electrons. The number of rotatable bonds is 3. The minimum absolute atomic E-state index is 0.0742. The van der Waals surface area contributed by atoms with Crippen molar-refractivity contribution in [3.05, 3.63) is 55.2 Å². The van der Waals surface area contributed by atoms with Crippen LogP contribution in [-0.2, 0) is 22.5 Å². The maximum absolute atomic E-state index is 12.7. The van der Waals surface area contributed by atoms with E-state index in [9.17, 15) is 9.59 Å². The van der Waals surface area contributed by atoms with Crippen LogP contribution in [0.15, 0.2) is 24.3 Å². The average Bonchev–Trinajstić information content (AvgIpc) is 3.49. The fourth-order valence-electron chi connectivity index (χ4n) is 4.12. The molecule has 2 fully saturated rings. The molecule has 6 nitrogen and oxygen atoms in total. The van der Waals surface area contributed by atoms with E-state index in [2.05, 4.69) is 16.1 Å². The zero-order chi connectivity index (χ0) is 21.8. The first kappa shape index (κ1) is 22.6. The largest absolute Gasteiger partial charge is 0.354 e. The van der Waals surface area contributed by atoms with E-state index in [4.69, 9.17) is 28.0 Å². The zero-order valence-corrected chi connectivity index (χ0v) is 19.3. The Labute approximate surface area is 195 Å². The summed E-state index contributed by atoms with van der Waals surface area (Å²) < 4.78 is 0. The molecule has 0 radical (unpaired) electrons. The van der Waals surface area contributed by atoms with E-state index < -0.39 is 0 Å². The van der Waals surface area contributed by atoms with Gasteiger partial charge in [-0.1, -0.05) is 29.3 Å². The first-order chi connectivity index (χ1) is 15.0. The summed E-state index contributed by atoms with van der Waals surface area (Å²) in [6.45, 7) is 1.35. The highest BCUT2D eigenvalue weighted by molar-refractivity contribution is 7.14. The van der Waals surface area contributed by atoms with Gasteiger partial charge >= 0.3 is 0 Å². The molecule has 2 unspecified atom stereocenters. The second kappa shape index (κ2) is 10.3. The highest BCUT2D eigenvalue weighted by Crippen LogP contribution is 2.39. The summed E-state index contributed by atoms with van der Waals surface area (Å²) in [6, 6.07) is 6.89. The molecule has 3 heterocycles. The van der Waals surface area contributed by atoms with Crippen molar-refractivity contribution in [2.75, 3.05) is 13.2 Å². The van der Waals surface area contributed by atoms with Gasteiger partial charge in [0, 0.05) is 21.5 Å². The van der Waals surface area contributed by atoms with Crippen molar-refractivity contribution in [1.29, 1.82) is 0 Å². The number of halogens is 2. The van der Waals surface area contributed by atoms with Gasteiger partial charge in [-0.25, -0.2) is 0 Å². The number of amides is 2. The summed E-state index contributed by atoms with van der Waals surface area (Å²) in [4.78, 5) is 31.7. The number of nitrogens with one attached hydrogen (secondary N) is 3. The number of hydrogen-bond donors (Lipinski definition) is 3. The van der Waals surface area contributed by atoms with Crippen molar-refractivity contribution >= 4 is 46.4 Å². The Balaban J connectivity index is 0.000000245. The third-order valence-electron chi connectivity index (χ3n) is 5.65. The van der Waals surface area contributed by atoms with Crippen molar-refractivity contribution in [3.63, 3.8) is 0 Å². The number of thiophene rings is 1. The molecular formula is C22H25Cl2N3O3S. The third-order valence-corrected chi connectivity index (χ3v) is 7.51. The van der Waals surface area contributed by atoms with Crippen LogP contribution in [0.1, 0.15) is 57.4 Å². The number of carbonyl (C=O) groups excluding carboxylic acids is 2. The molecule has 2 aromatic rings. The number of fused-ring (bicyclic) bond motifs is 1. The van der Waals surface area contributed by atoms with Gasteiger partial charge in [-0.15, -0.1) is 11.3 Å². The van der Waals surface area contributed by atoms with Gasteiger partial charge in [0.2, 0.25) is 5.91 Å². The van der Waals surface area contributed by atoms with Crippen molar-refractivity contribution in [3.8, 4) is 0 Å². The van der Waals surface area contributed by atoms with Crippen LogP contribution in [0.2, 0.25) is 10.0 Å². The molecule has 2 atom stereocenters. The Bertz CT molecular complexity index is 942. The van der Waals surface area contributed by atoms with Gasteiger partial charge in [-0.3, -0.25) is 9.59 Å². The maximum atomic E-state index is 12.7. The van der Waals surface area contributed by atoms with Crippen LogP contribution < -0.4 is 16.1 Å². The summed E-state index contributed by atoms with van der Waals surface area (Å²) in [7, 11) is 0. The van der Waals surface area contributed by atoms with Crippen LogP contribution in [0.4, 0.5) is 0 Å². The molecule has 1 aliphatic carbocycles. The van der Waals surface area contributed by atoms with Crippen molar-refractivity contribution < 1.29 is 14.4 Å². The van der Waals surface area contributed by atoms with Gasteiger partial charge in [0.1, 0.15) is 6.04 Å². The van der Waals surface area contributed by atoms with Crippen molar-refractivity contribution in [2.45, 2.75) is 50.6 Å². The molecule has 3 N–H and O–H groups in total. The Kier molecular flexibility index (Phi) is 7.51. The van der Waals surface area contributed by atoms with Gasteiger partial charge in [-0.05, 0) is 67.9 Å². The highest BCUT2D eigenvalue weighted by atomic mass is 35.5. The lowest BCUT2D eigenvalue weighted by Crippen LogP contribution is -2.40. The van der Waals surface area contributed by atoms with E-state index in [1.807, 2.05) is 6.07 Å². The minimum atomic E-state index is -0.389. The number of hydrogen-bond acceptors (Lipinski definition) is 5. The van der Waals surface area contributed by atoms with Gasteiger partial charge in [0.25, 0.3) is 5.91 Å². The summed E-state index contributed by atoms with van der Waals surface area (Å²) in [5, 5.41) is 7.03. The first-order valence-electron chi connectivity index (χ1n) is 10.5. The lowest BCUT2D eigenvalue weighted by molar-refractivity contribution is -0.120. The Hall–Kier alpha value is -1.64. The molecule has 5 rings (SSSR count). The van der Waals surface area contributed by atoms with Crippen LogP contribution >= 0.6 is 34.5 Å². The fourth-order valence-corrected chi connectivity index (χ4v) is 5.93. The van der Waals surface area contributed by atoms with Gasteiger partial charge in [-0.2, -0.15) is 5.48 Å². The quantitative estimate of drug-likeness (QED) is 0.613. The van der Waals surface area contributed by atoms with Gasteiger partial charge in [0.15, 0.2) is 0 Å². The summed E-state index contributed by atoms with van der Waals surface area (Å²) >= 11 is 12.7. The zero-order valence-electron chi connectivity index (χ0n) is 17.0. The van der Waals surface area contributed by atoms with Crippen LogP contribution in [0.25, 0.3) is 0 Å². The molecule has 1 aromatic heterocycles. The second-order valence-corrected chi connectivity index (χ2v) is 9.74. The molecular weight excluding hydrogens is 457 g/mol. The highest BCUT2D eigenvalue weighted by Gasteiger charge is 2.32. The van der Waals surface area contributed by atoms with Crippen molar-refractivity contribution in [1.82, 2.24) is 16.1 Å². The fraction of sp³-hybridized carbons (Fsp3) is 0.455. The smallest absolute Gasteiger partial charge is 0.262 e. The predicted octanol–water partition coefficient (Wildman–Crippen LogP) is 4.20. The van der Waals surface area contributed by atoms with E-state index in [1.54, 1.807) is 29.5 Å². The van der Waals surface area contributed by atoms with Crippen LogP contribution in [0, 0.1) is 0 Å².